The highest BCUT2D eigenvalue weighted by atomic mass is 35.5. The molecule has 1 aromatic carbocycles. The molecule has 1 heterocycles. The van der Waals surface area contributed by atoms with E-state index >= 15 is 0 Å². The largest absolute Gasteiger partial charge is 0.350 e. The van der Waals surface area contributed by atoms with Crippen molar-refractivity contribution in [1.82, 2.24) is 0 Å². The highest BCUT2D eigenvalue weighted by Gasteiger charge is 2.13. The number of carbonyl (C=O) groups is 1. The Bertz CT molecular complexity index is 746. The first-order chi connectivity index (χ1) is 10.5. The number of hydrogen-bond acceptors (Lipinski definition) is 4. The monoisotopic (exact) mass is 332 g/mol. The van der Waals surface area contributed by atoms with E-state index in [4.69, 9.17) is 22.6 Å². The molecule has 0 spiro atoms. The van der Waals surface area contributed by atoms with Crippen LogP contribution in [0.2, 0.25) is 5.02 Å². The van der Waals surface area contributed by atoms with Gasteiger partial charge < -0.3 is 5.73 Å². The van der Waals surface area contributed by atoms with Gasteiger partial charge in [0.25, 0.3) is 0 Å². The lowest BCUT2D eigenvalue weighted by Gasteiger charge is -2.15. The number of hydrazone groups is 1. The number of nitrogens with zero attached hydrogens (tertiary/aromatic N) is 3. The van der Waals surface area contributed by atoms with Crippen LogP contribution in [0.15, 0.2) is 41.5 Å². The lowest BCUT2D eigenvalue weighted by molar-refractivity contribution is 0.254. The van der Waals surface area contributed by atoms with Crippen molar-refractivity contribution in [3.8, 4) is 6.07 Å². The number of nitrogens with two attached hydrogens (primary N) is 1. The summed E-state index contributed by atoms with van der Waals surface area (Å²) in [6.45, 7) is 1.79. The third-order valence-corrected chi connectivity index (χ3v) is 4.25. The zero-order chi connectivity index (χ0) is 16.1. The number of primary amides is 1. The molecule has 0 saturated carbocycles. The molecule has 2 aromatic rings. The third-order valence-electron chi connectivity index (χ3n) is 2.80. The summed E-state index contributed by atoms with van der Waals surface area (Å²) in [6, 6.07) is 11.8. The van der Waals surface area contributed by atoms with Crippen molar-refractivity contribution in [2.75, 3.05) is 5.01 Å². The molecule has 0 radical (unpaired) electrons. The van der Waals surface area contributed by atoms with Gasteiger partial charge in [0.05, 0.1) is 28.8 Å². The van der Waals surface area contributed by atoms with E-state index in [0.717, 1.165) is 14.8 Å². The molecular weight excluding hydrogens is 320 g/mol. The molecular formula is C15H13ClN4OS. The summed E-state index contributed by atoms with van der Waals surface area (Å²) >= 11 is 7.30. The van der Waals surface area contributed by atoms with Gasteiger partial charge in [-0.2, -0.15) is 15.4 Å². The standard InChI is InChI=1S/C15H13ClN4OS/c1-10(14-7-6-13(22-14)8-9-17)19-20(15(18)21)12-4-2-11(16)3-5-12/h2-7H,8H2,1H3,(H2,18,21)/b19-10+. The van der Waals surface area contributed by atoms with Crippen molar-refractivity contribution in [1.29, 1.82) is 5.26 Å². The number of thiophene rings is 1. The van der Waals surface area contributed by atoms with Gasteiger partial charge in [0.15, 0.2) is 0 Å². The number of rotatable bonds is 4. The summed E-state index contributed by atoms with van der Waals surface area (Å²) in [7, 11) is 0. The molecule has 2 rings (SSSR count). The molecule has 2 N–H and O–H groups in total. The minimum Gasteiger partial charge on any atom is -0.350 e. The SMILES string of the molecule is C/C(=N\N(C(N)=O)c1ccc(Cl)cc1)c1ccc(CC#N)s1. The molecule has 0 aliphatic heterocycles. The second-order valence-corrected chi connectivity index (χ2v) is 6.02. The van der Waals surface area contributed by atoms with Gasteiger partial charge >= 0.3 is 6.03 Å². The van der Waals surface area contributed by atoms with Crippen LogP contribution >= 0.6 is 22.9 Å². The van der Waals surface area contributed by atoms with E-state index in [1.165, 1.54) is 11.3 Å². The molecule has 0 saturated heterocycles. The fraction of sp³-hybridized carbons (Fsp3) is 0.133. The highest BCUT2D eigenvalue weighted by Crippen LogP contribution is 2.21. The lowest BCUT2D eigenvalue weighted by Crippen LogP contribution is -2.32. The van der Waals surface area contributed by atoms with Gasteiger partial charge in [-0.15, -0.1) is 11.3 Å². The van der Waals surface area contributed by atoms with E-state index in [1.54, 1.807) is 31.2 Å². The Labute approximate surface area is 137 Å². The molecule has 7 heteroatoms. The van der Waals surface area contributed by atoms with Crippen LogP contribution in [0.3, 0.4) is 0 Å². The molecule has 0 fully saturated rings. The second kappa shape index (κ2) is 7.07. The fourth-order valence-electron chi connectivity index (χ4n) is 1.76. The van der Waals surface area contributed by atoms with Crippen molar-refractivity contribution in [3.05, 3.63) is 51.2 Å². The van der Waals surface area contributed by atoms with E-state index in [1.807, 2.05) is 12.1 Å². The molecule has 22 heavy (non-hydrogen) atoms. The molecule has 0 atom stereocenters. The average molecular weight is 333 g/mol. The summed E-state index contributed by atoms with van der Waals surface area (Å²) < 4.78 is 0. The van der Waals surface area contributed by atoms with Gasteiger partial charge in [-0.25, -0.2) is 4.79 Å². The summed E-state index contributed by atoms with van der Waals surface area (Å²) in [5.41, 5.74) is 6.57. The van der Waals surface area contributed by atoms with Crippen LogP contribution < -0.4 is 10.7 Å². The van der Waals surface area contributed by atoms with Gasteiger partial charge in [0.2, 0.25) is 0 Å². The molecule has 0 bridgehead atoms. The van der Waals surface area contributed by atoms with Crippen LogP contribution in [-0.2, 0) is 6.42 Å². The fourth-order valence-corrected chi connectivity index (χ4v) is 2.77. The van der Waals surface area contributed by atoms with Gasteiger partial charge in [0, 0.05) is 9.90 Å². The van der Waals surface area contributed by atoms with Crippen LogP contribution in [0, 0.1) is 11.3 Å². The summed E-state index contributed by atoms with van der Waals surface area (Å²) in [6.07, 6.45) is 0.356. The number of urea groups is 1. The predicted octanol–water partition coefficient (Wildman–Crippen LogP) is 3.78. The maximum atomic E-state index is 11.6. The van der Waals surface area contributed by atoms with Gasteiger partial charge in [-0.3, -0.25) is 0 Å². The maximum absolute atomic E-state index is 11.6. The third kappa shape index (κ3) is 3.85. The van der Waals surface area contributed by atoms with Crippen molar-refractivity contribution >= 4 is 40.4 Å². The first-order valence-electron chi connectivity index (χ1n) is 6.37. The van der Waals surface area contributed by atoms with Crippen molar-refractivity contribution in [2.24, 2.45) is 10.8 Å². The minimum absolute atomic E-state index is 0.356. The number of amides is 2. The molecule has 5 nitrogen and oxygen atoms in total. The number of benzene rings is 1. The lowest BCUT2D eigenvalue weighted by atomic mass is 10.3. The number of nitriles is 1. The molecule has 2 amide bonds. The predicted molar refractivity (Wildman–Crippen MR) is 89.4 cm³/mol. The van der Waals surface area contributed by atoms with Crippen LogP contribution in [0.5, 0.6) is 0 Å². The van der Waals surface area contributed by atoms with Crippen molar-refractivity contribution in [3.63, 3.8) is 0 Å². The summed E-state index contributed by atoms with van der Waals surface area (Å²) in [5, 5.41) is 14.7. The first-order valence-corrected chi connectivity index (χ1v) is 7.57. The number of hydrogen-bond donors (Lipinski definition) is 1. The zero-order valence-electron chi connectivity index (χ0n) is 11.8. The Hall–Kier alpha value is -2.36. The van der Waals surface area contributed by atoms with Crippen LogP contribution in [0.1, 0.15) is 16.7 Å². The topological polar surface area (TPSA) is 82.5 Å². The van der Waals surface area contributed by atoms with Crippen LogP contribution in [0.4, 0.5) is 10.5 Å². The smallest absolute Gasteiger partial charge is 0.340 e. The molecule has 1 aromatic heterocycles. The Morgan fingerprint density at radius 3 is 2.64 bits per heavy atom. The van der Waals surface area contributed by atoms with Crippen molar-refractivity contribution < 1.29 is 4.79 Å². The number of halogens is 1. The van der Waals surface area contributed by atoms with Crippen LogP contribution in [-0.4, -0.2) is 11.7 Å². The minimum atomic E-state index is -0.685. The second-order valence-electron chi connectivity index (χ2n) is 4.41. The summed E-state index contributed by atoms with van der Waals surface area (Å²) in [4.78, 5) is 13.5. The van der Waals surface area contributed by atoms with E-state index < -0.39 is 6.03 Å². The zero-order valence-corrected chi connectivity index (χ0v) is 13.4. The van der Waals surface area contributed by atoms with Crippen molar-refractivity contribution in [2.45, 2.75) is 13.3 Å². The highest BCUT2D eigenvalue weighted by molar-refractivity contribution is 7.14. The van der Waals surface area contributed by atoms with E-state index in [2.05, 4.69) is 11.2 Å². The molecule has 0 aliphatic rings. The summed E-state index contributed by atoms with van der Waals surface area (Å²) in [5.74, 6) is 0. The molecule has 0 unspecified atom stereocenters. The van der Waals surface area contributed by atoms with Crippen LogP contribution in [0.25, 0.3) is 0 Å². The Kier molecular flexibility index (Phi) is 5.15. The number of carbonyl (C=O) groups excluding carboxylic acids is 1. The Morgan fingerprint density at radius 1 is 1.36 bits per heavy atom. The maximum Gasteiger partial charge on any atom is 0.340 e. The van der Waals surface area contributed by atoms with Gasteiger partial charge in [-0.05, 0) is 43.3 Å². The Balaban J connectivity index is 2.30. The van der Waals surface area contributed by atoms with E-state index in [9.17, 15) is 4.79 Å². The van der Waals surface area contributed by atoms with Gasteiger partial charge in [-0.1, -0.05) is 11.6 Å². The first kappa shape index (κ1) is 16.0. The molecule has 112 valence electrons. The number of anilines is 1. The average Bonchev–Trinajstić information content (AvgIpc) is 2.94. The Morgan fingerprint density at radius 2 is 2.05 bits per heavy atom. The van der Waals surface area contributed by atoms with E-state index in [-0.39, 0.29) is 0 Å². The quantitative estimate of drug-likeness (QED) is 0.682. The normalized spacial score (nSPS) is 11.0. The van der Waals surface area contributed by atoms with Gasteiger partial charge in [0.1, 0.15) is 0 Å². The molecule has 0 aliphatic carbocycles. The van der Waals surface area contributed by atoms with E-state index in [0.29, 0.717) is 22.8 Å².